The fourth-order valence-electron chi connectivity index (χ4n) is 0.961. The quantitative estimate of drug-likeness (QED) is 0.837. The Hall–Kier alpha value is -0.290. The Morgan fingerprint density at radius 1 is 1.31 bits per heavy atom. The van der Waals surface area contributed by atoms with Gasteiger partial charge in [0.25, 0.3) is 0 Å². The number of hydrazine groups is 1. The van der Waals surface area contributed by atoms with Gasteiger partial charge in [0.15, 0.2) is 0 Å². The highest BCUT2D eigenvalue weighted by atomic mass is 35.5. The van der Waals surface area contributed by atoms with Gasteiger partial charge in [-0.25, -0.2) is 0 Å². The van der Waals surface area contributed by atoms with E-state index in [1.165, 1.54) is 23.9 Å². The maximum absolute atomic E-state index is 11.2. The lowest BCUT2D eigenvalue weighted by Crippen LogP contribution is -2.31. The highest BCUT2D eigenvalue weighted by Crippen LogP contribution is 2.32. The molecule has 0 bridgehead atoms. The van der Waals surface area contributed by atoms with Gasteiger partial charge < -0.3 is 0 Å². The Bertz CT molecular complexity index is 377. The molecule has 0 heterocycles. The minimum Gasteiger partial charge on any atom is -0.296 e. The third-order valence-electron chi connectivity index (χ3n) is 1.61. The van der Waals surface area contributed by atoms with Crippen LogP contribution in [0.15, 0.2) is 12.1 Å². The summed E-state index contributed by atoms with van der Waals surface area (Å²) >= 11 is 19.0. The van der Waals surface area contributed by atoms with Crippen LogP contribution in [0.25, 0.3) is 0 Å². The standard InChI is InChI=1S/C9H9Cl3N2OS/c1-16-4-8(15)13-14-9-6(11)2-5(10)3-7(9)12/h2-3,14H,4H2,1H3,(H,13,15). The van der Waals surface area contributed by atoms with E-state index >= 15 is 0 Å². The van der Waals surface area contributed by atoms with Crippen molar-refractivity contribution in [3.05, 3.63) is 27.2 Å². The van der Waals surface area contributed by atoms with Crippen LogP contribution in [0, 0.1) is 0 Å². The molecule has 0 aliphatic heterocycles. The van der Waals surface area contributed by atoms with E-state index in [0.29, 0.717) is 26.5 Å². The van der Waals surface area contributed by atoms with E-state index in [1.807, 2.05) is 6.26 Å². The Morgan fingerprint density at radius 2 is 1.88 bits per heavy atom. The Labute approximate surface area is 113 Å². The van der Waals surface area contributed by atoms with E-state index in [1.54, 1.807) is 0 Å². The molecule has 88 valence electrons. The minimum atomic E-state index is -0.158. The molecule has 0 aromatic heterocycles. The monoisotopic (exact) mass is 298 g/mol. The van der Waals surface area contributed by atoms with Crippen LogP contribution in [0.1, 0.15) is 0 Å². The van der Waals surface area contributed by atoms with Crippen molar-refractivity contribution < 1.29 is 4.79 Å². The normalized spacial score (nSPS) is 10.0. The van der Waals surface area contributed by atoms with E-state index in [-0.39, 0.29) is 5.91 Å². The molecule has 0 saturated carbocycles. The molecule has 0 aliphatic carbocycles. The molecule has 1 aromatic carbocycles. The van der Waals surface area contributed by atoms with Crippen LogP contribution in [0.5, 0.6) is 0 Å². The van der Waals surface area contributed by atoms with Crippen molar-refractivity contribution in [2.75, 3.05) is 17.4 Å². The molecule has 1 aromatic rings. The van der Waals surface area contributed by atoms with Crippen LogP contribution < -0.4 is 10.9 Å². The number of hydrogen-bond donors (Lipinski definition) is 2. The molecular weight excluding hydrogens is 291 g/mol. The van der Waals surface area contributed by atoms with Gasteiger partial charge in [-0.05, 0) is 18.4 Å². The summed E-state index contributed by atoms with van der Waals surface area (Å²) in [5.74, 6) is 0.199. The molecule has 1 amide bonds. The van der Waals surface area contributed by atoms with E-state index in [2.05, 4.69) is 10.9 Å². The zero-order chi connectivity index (χ0) is 12.1. The number of carbonyl (C=O) groups is 1. The lowest BCUT2D eigenvalue weighted by Gasteiger charge is -2.11. The third-order valence-corrected chi connectivity index (χ3v) is 2.97. The van der Waals surface area contributed by atoms with Crippen molar-refractivity contribution >= 4 is 58.2 Å². The van der Waals surface area contributed by atoms with Crippen molar-refractivity contribution in [2.24, 2.45) is 0 Å². The van der Waals surface area contributed by atoms with Crippen molar-refractivity contribution in [3.8, 4) is 0 Å². The molecule has 0 atom stereocenters. The second-order valence-electron chi connectivity index (χ2n) is 2.85. The number of halogens is 3. The van der Waals surface area contributed by atoms with Crippen LogP contribution in [-0.4, -0.2) is 17.9 Å². The number of nitrogens with one attached hydrogen (secondary N) is 2. The first-order chi connectivity index (χ1) is 7.54. The Kier molecular flexibility index (Phi) is 5.55. The third kappa shape index (κ3) is 3.94. The topological polar surface area (TPSA) is 41.1 Å². The van der Waals surface area contributed by atoms with Crippen LogP contribution in [0.3, 0.4) is 0 Å². The lowest BCUT2D eigenvalue weighted by atomic mass is 10.3. The first kappa shape index (κ1) is 13.8. The molecule has 0 aliphatic rings. The van der Waals surface area contributed by atoms with Gasteiger partial charge in [0, 0.05) is 5.02 Å². The van der Waals surface area contributed by atoms with Gasteiger partial charge >= 0.3 is 0 Å². The highest BCUT2D eigenvalue weighted by molar-refractivity contribution is 7.99. The van der Waals surface area contributed by atoms with Gasteiger partial charge in [-0.1, -0.05) is 34.8 Å². The van der Waals surface area contributed by atoms with Crippen molar-refractivity contribution in [2.45, 2.75) is 0 Å². The van der Waals surface area contributed by atoms with Gasteiger partial charge in [-0.3, -0.25) is 15.6 Å². The lowest BCUT2D eigenvalue weighted by molar-refractivity contribution is -0.118. The van der Waals surface area contributed by atoms with E-state index in [0.717, 1.165) is 0 Å². The second-order valence-corrected chi connectivity index (χ2v) is 4.97. The van der Waals surface area contributed by atoms with Gasteiger partial charge in [-0.2, -0.15) is 11.8 Å². The molecule has 0 unspecified atom stereocenters. The van der Waals surface area contributed by atoms with Crippen molar-refractivity contribution in [1.29, 1.82) is 0 Å². The van der Waals surface area contributed by atoms with Crippen LogP contribution in [-0.2, 0) is 4.79 Å². The predicted molar refractivity (Wildman–Crippen MR) is 71.6 cm³/mol. The maximum Gasteiger partial charge on any atom is 0.248 e. The summed E-state index contributed by atoms with van der Waals surface area (Å²) in [4.78, 5) is 11.2. The maximum atomic E-state index is 11.2. The number of anilines is 1. The summed E-state index contributed by atoms with van der Waals surface area (Å²) in [5.41, 5.74) is 5.57. The largest absolute Gasteiger partial charge is 0.296 e. The fourth-order valence-corrected chi connectivity index (χ4v) is 2.21. The number of thioether (sulfide) groups is 1. The fraction of sp³-hybridized carbons (Fsp3) is 0.222. The summed E-state index contributed by atoms with van der Waals surface area (Å²) in [5, 5.41) is 1.14. The van der Waals surface area contributed by atoms with E-state index < -0.39 is 0 Å². The molecule has 1 rings (SSSR count). The molecule has 3 nitrogen and oxygen atoms in total. The summed E-state index contributed by atoms with van der Waals surface area (Å²) in [6, 6.07) is 3.08. The smallest absolute Gasteiger partial charge is 0.248 e. The molecule has 0 fully saturated rings. The SMILES string of the molecule is CSCC(=O)NNc1c(Cl)cc(Cl)cc1Cl. The second kappa shape index (κ2) is 6.45. The van der Waals surface area contributed by atoms with Crippen LogP contribution >= 0.6 is 46.6 Å². The average molecular weight is 300 g/mol. The van der Waals surface area contributed by atoms with Crippen LogP contribution in [0.4, 0.5) is 5.69 Å². The highest BCUT2D eigenvalue weighted by Gasteiger charge is 2.08. The van der Waals surface area contributed by atoms with Gasteiger partial charge in [0.1, 0.15) is 0 Å². The molecule has 7 heteroatoms. The van der Waals surface area contributed by atoms with Gasteiger partial charge in [-0.15, -0.1) is 0 Å². The molecular formula is C9H9Cl3N2OS. The summed E-state index contributed by atoms with van der Waals surface area (Å²) in [7, 11) is 0. The molecule has 0 radical (unpaired) electrons. The number of rotatable bonds is 4. The van der Waals surface area contributed by atoms with Crippen LogP contribution in [0.2, 0.25) is 15.1 Å². The van der Waals surface area contributed by atoms with Crippen molar-refractivity contribution in [3.63, 3.8) is 0 Å². The first-order valence-corrected chi connectivity index (χ1v) is 6.75. The Morgan fingerprint density at radius 3 is 2.38 bits per heavy atom. The molecule has 0 spiro atoms. The minimum absolute atomic E-state index is 0.158. The summed E-state index contributed by atoms with van der Waals surface area (Å²) < 4.78 is 0. The molecule has 16 heavy (non-hydrogen) atoms. The number of carbonyl (C=O) groups excluding carboxylic acids is 1. The van der Waals surface area contributed by atoms with E-state index in [4.69, 9.17) is 34.8 Å². The number of amides is 1. The number of hydrogen-bond acceptors (Lipinski definition) is 3. The first-order valence-electron chi connectivity index (χ1n) is 4.23. The van der Waals surface area contributed by atoms with Crippen molar-refractivity contribution in [1.82, 2.24) is 5.43 Å². The molecule has 2 N–H and O–H groups in total. The van der Waals surface area contributed by atoms with Gasteiger partial charge in [0.05, 0.1) is 21.5 Å². The average Bonchev–Trinajstić information content (AvgIpc) is 2.16. The Balaban J connectivity index is 2.70. The summed E-state index contributed by atoms with van der Waals surface area (Å²) in [6.45, 7) is 0. The van der Waals surface area contributed by atoms with E-state index in [9.17, 15) is 4.79 Å². The zero-order valence-corrected chi connectivity index (χ0v) is 11.4. The number of benzene rings is 1. The predicted octanol–water partition coefficient (Wildman–Crippen LogP) is 3.45. The van der Waals surface area contributed by atoms with Gasteiger partial charge in [0.2, 0.25) is 5.91 Å². The molecule has 0 saturated heterocycles. The zero-order valence-electron chi connectivity index (χ0n) is 8.31. The summed E-state index contributed by atoms with van der Waals surface area (Å²) in [6.07, 6.45) is 1.84.